The summed E-state index contributed by atoms with van der Waals surface area (Å²) in [5.41, 5.74) is 3.69. The number of fused-ring (bicyclic) bond motifs is 1. The first-order valence-electron chi connectivity index (χ1n) is 11.0. The van der Waals surface area contributed by atoms with Crippen LogP contribution in [-0.2, 0) is 6.54 Å². The molecule has 2 aliphatic heterocycles. The number of hydrogen-bond acceptors (Lipinski definition) is 3. The van der Waals surface area contributed by atoms with E-state index in [0.717, 1.165) is 31.5 Å². The Morgan fingerprint density at radius 3 is 1.91 bits per heavy atom. The van der Waals surface area contributed by atoms with E-state index in [2.05, 4.69) is 24.3 Å². The quantitative estimate of drug-likeness (QED) is 0.580. The number of carbonyl (C=O) groups excluding carboxylic acids is 3. The van der Waals surface area contributed by atoms with Gasteiger partial charge in [0.1, 0.15) is 0 Å². The van der Waals surface area contributed by atoms with Crippen LogP contribution in [0.1, 0.15) is 61.0 Å². The number of carbonyl (C=O) groups is 3. The van der Waals surface area contributed by atoms with Gasteiger partial charge in [0.2, 0.25) is 0 Å². The monoisotopic (exact) mass is 424 g/mol. The van der Waals surface area contributed by atoms with Crippen LogP contribution in [0, 0.1) is 0 Å². The molecule has 3 aromatic rings. The molecule has 2 heterocycles. The Morgan fingerprint density at radius 2 is 1.31 bits per heavy atom. The smallest absolute Gasteiger partial charge is 0.261 e. The fourth-order valence-electron chi connectivity index (χ4n) is 4.64. The molecule has 0 atom stereocenters. The molecule has 0 unspecified atom stereocenters. The predicted molar refractivity (Wildman–Crippen MR) is 121 cm³/mol. The summed E-state index contributed by atoms with van der Waals surface area (Å²) in [6.07, 6.45) is 1.93. The van der Waals surface area contributed by atoms with E-state index in [1.54, 1.807) is 36.4 Å². The van der Waals surface area contributed by atoms with Gasteiger partial charge in [-0.25, -0.2) is 0 Å². The minimum atomic E-state index is -0.271. The van der Waals surface area contributed by atoms with Crippen molar-refractivity contribution in [3.63, 3.8) is 0 Å². The van der Waals surface area contributed by atoms with Gasteiger partial charge in [0.15, 0.2) is 0 Å². The zero-order valence-corrected chi connectivity index (χ0v) is 17.7. The second kappa shape index (κ2) is 8.42. The molecule has 0 aliphatic carbocycles. The van der Waals surface area contributed by atoms with Gasteiger partial charge in [-0.3, -0.25) is 19.3 Å². The first-order valence-corrected chi connectivity index (χ1v) is 11.0. The molecule has 3 amide bonds. The molecule has 0 spiro atoms. The molecule has 2 aliphatic rings. The van der Waals surface area contributed by atoms with Gasteiger partial charge in [-0.2, -0.15) is 0 Å². The van der Waals surface area contributed by atoms with Gasteiger partial charge in [0.25, 0.3) is 17.7 Å². The van der Waals surface area contributed by atoms with Gasteiger partial charge in [-0.15, -0.1) is 0 Å². The first-order chi connectivity index (χ1) is 15.6. The molecule has 32 heavy (non-hydrogen) atoms. The van der Waals surface area contributed by atoms with Crippen molar-refractivity contribution in [2.24, 2.45) is 0 Å². The number of likely N-dealkylation sites (tertiary alicyclic amines) is 1. The third-order valence-corrected chi connectivity index (χ3v) is 6.47. The second-order valence-corrected chi connectivity index (χ2v) is 8.42. The molecule has 0 saturated carbocycles. The molecule has 0 bridgehead atoms. The summed E-state index contributed by atoms with van der Waals surface area (Å²) in [5.74, 6) is -0.00911. The highest BCUT2D eigenvalue weighted by atomic mass is 16.2. The lowest BCUT2D eigenvalue weighted by atomic mass is 9.89. The van der Waals surface area contributed by atoms with Crippen molar-refractivity contribution in [3.05, 3.63) is 107 Å². The van der Waals surface area contributed by atoms with Crippen molar-refractivity contribution in [1.29, 1.82) is 0 Å². The zero-order chi connectivity index (χ0) is 22.1. The molecule has 5 nitrogen and oxygen atoms in total. The average molecular weight is 425 g/mol. The summed E-state index contributed by atoms with van der Waals surface area (Å²) in [7, 11) is 0. The summed E-state index contributed by atoms with van der Waals surface area (Å²) in [4.78, 5) is 41.3. The van der Waals surface area contributed by atoms with Crippen molar-refractivity contribution < 1.29 is 14.4 Å². The lowest BCUT2D eigenvalue weighted by molar-refractivity contribution is 0.0640. The molecular formula is C27H24N2O3. The third-order valence-electron chi connectivity index (χ3n) is 6.47. The minimum absolute atomic E-state index is 0.0313. The first kappa shape index (κ1) is 20.2. The van der Waals surface area contributed by atoms with Crippen LogP contribution in [0.4, 0.5) is 0 Å². The number of rotatable bonds is 4. The van der Waals surface area contributed by atoms with E-state index in [1.165, 1.54) is 10.5 Å². The van der Waals surface area contributed by atoms with E-state index in [9.17, 15) is 14.4 Å². The van der Waals surface area contributed by atoms with Crippen molar-refractivity contribution in [2.45, 2.75) is 25.3 Å². The molecule has 0 N–H and O–H groups in total. The predicted octanol–water partition coefficient (Wildman–Crippen LogP) is 4.50. The highest BCUT2D eigenvalue weighted by Gasteiger charge is 2.35. The highest BCUT2D eigenvalue weighted by Crippen LogP contribution is 2.29. The Balaban J connectivity index is 1.21. The molecule has 0 radical (unpaired) electrons. The molecule has 5 heteroatoms. The van der Waals surface area contributed by atoms with Crippen LogP contribution in [-0.4, -0.2) is 40.6 Å². The van der Waals surface area contributed by atoms with Gasteiger partial charge in [-0.05, 0) is 54.2 Å². The summed E-state index contributed by atoms with van der Waals surface area (Å²) in [6, 6.07) is 24.6. The van der Waals surface area contributed by atoms with E-state index in [1.807, 2.05) is 23.1 Å². The van der Waals surface area contributed by atoms with Crippen molar-refractivity contribution in [3.8, 4) is 0 Å². The fourth-order valence-corrected chi connectivity index (χ4v) is 4.64. The maximum atomic E-state index is 13.0. The topological polar surface area (TPSA) is 57.7 Å². The molecule has 160 valence electrons. The molecule has 1 saturated heterocycles. The van der Waals surface area contributed by atoms with Gasteiger partial charge in [0.05, 0.1) is 17.7 Å². The molecular weight excluding hydrogens is 400 g/mol. The highest BCUT2D eigenvalue weighted by molar-refractivity contribution is 6.21. The number of imide groups is 1. The van der Waals surface area contributed by atoms with E-state index < -0.39 is 0 Å². The van der Waals surface area contributed by atoms with E-state index in [0.29, 0.717) is 22.6 Å². The third kappa shape index (κ3) is 3.71. The van der Waals surface area contributed by atoms with Crippen molar-refractivity contribution in [2.75, 3.05) is 13.1 Å². The van der Waals surface area contributed by atoms with Gasteiger partial charge in [0, 0.05) is 18.7 Å². The number of amides is 3. The van der Waals surface area contributed by atoms with Crippen LogP contribution in [0.3, 0.4) is 0 Å². The number of piperidine rings is 1. The molecule has 5 rings (SSSR count). The van der Waals surface area contributed by atoms with Gasteiger partial charge < -0.3 is 4.90 Å². The Labute approximate surface area is 187 Å². The zero-order valence-electron chi connectivity index (χ0n) is 17.7. The number of benzene rings is 3. The molecule has 1 fully saturated rings. The van der Waals surface area contributed by atoms with Gasteiger partial charge in [-0.1, -0.05) is 54.6 Å². The van der Waals surface area contributed by atoms with Crippen LogP contribution in [0.15, 0.2) is 78.9 Å². The normalized spacial score (nSPS) is 16.4. The Bertz CT molecular complexity index is 1130. The summed E-state index contributed by atoms with van der Waals surface area (Å²) >= 11 is 0. The average Bonchev–Trinajstić information content (AvgIpc) is 3.10. The maximum absolute atomic E-state index is 13.0. The Hall–Kier alpha value is -3.73. The Morgan fingerprint density at radius 1 is 0.750 bits per heavy atom. The van der Waals surface area contributed by atoms with E-state index in [-0.39, 0.29) is 24.3 Å². The van der Waals surface area contributed by atoms with E-state index in [4.69, 9.17) is 0 Å². The fraction of sp³-hybridized carbons (Fsp3) is 0.222. The summed E-state index contributed by atoms with van der Waals surface area (Å²) in [5, 5.41) is 0. The largest absolute Gasteiger partial charge is 0.339 e. The Kier molecular flexibility index (Phi) is 5.31. The van der Waals surface area contributed by atoms with Crippen LogP contribution in [0.5, 0.6) is 0 Å². The maximum Gasteiger partial charge on any atom is 0.261 e. The molecule has 3 aromatic carbocycles. The standard InChI is InChI=1S/C27H24N2O3/c30-25(28-16-14-21(15-17-28)20-6-2-1-3-7-20)22-12-10-19(11-13-22)18-29-26(31)23-8-4-5-9-24(23)27(29)32/h1-13,21H,14-18H2. The summed E-state index contributed by atoms with van der Waals surface area (Å²) < 4.78 is 0. The summed E-state index contributed by atoms with van der Waals surface area (Å²) in [6.45, 7) is 1.69. The van der Waals surface area contributed by atoms with Gasteiger partial charge >= 0.3 is 0 Å². The molecule has 0 aromatic heterocycles. The second-order valence-electron chi connectivity index (χ2n) is 8.42. The number of hydrogen-bond donors (Lipinski definition) is 0. The van der Waals surface area contributed by atoms with Crippen molar-refractivity contribution >= 4 is 17.7 Å². The van der Waals surface area contributed by atoms with Crippen LogP contribution in [0.2, 0.25) is 0 Å². The van der Waals surface area contributed by atoms with E-state index >= 15 is 0 Å². The van der Waals surface area contributed by atoms with Crippen LogP contribution in [0.25, 0.3) is 0 Å². The van der Waals surface area contributed by atoms with Crippen molar-refractivity contribution in [1.82, 2.24) is 9.80 Å². The lowest BCUT2D eigenvalue weighted by Crippen LogP contribution is -2.37. The minimum Gasteiger partial charge on any atom is -0.339 e. The van der Waals surface area contributed by atoms with Crippen LogP contribution < -0.4 is 0 Å². The van der Waals surface area contributed by atoms with Crippen LogP contribution >= 0.6 is 0 Å². The SMILES string of the molecule is O=C(c1ccc(CN2C(=O)c3ccccc3C2=O)cc1)N1CCC(c2ccccc2)CC1. The number of nitrogens with zero attached hydrogens (tertiary/aromatic N) is 2. The lowest BCUT2D eigenvalue weighted by Gasteiger charge is -2.32.